The summed E-state index contributed by atoms with van der Waals surface area (Å²) in [5.41, 5.74) is 9.11. The Hall–Kier alpha value is -6.85. The maximum atomic E-state index is 6.21. The van der Waals surface area contributed by atoms with E-state index in [1.807, 2.05) is 30.3 Å². The smallest absolute Gasteiger partial charge is 0.164 e. The van der Waals surface area contributed by atoms with E-state index in [1.54, 1.807) is 0 Å². The van der Waals surface area contributed by atoms with E-state index in [0.717, 1.165) is 101 Å². The van der Waals surface area contributed by atoms with Gasteiger partial charge in [0.25, 0.3) is 0 Å². The fourth-order valence-electron chi connectivity index (χ4n) is 7.80. The van der Waals surface area contributed by atoms with E-state index in [4.69, 9.17) is 23.8 Å². The van der Waals surface area contributed by atoms with E-state index >= 15 is 0 Å². The van der Waals surface area contributed by atoms with Crippen LogP contribution in [0.5, 0.6) is 0 Å². The van der Waals surface area contributed by atoms with Crippen LogP contribution in [-0.2, 0) is 6.42 Å². The van der Waals surface area contributed by atoms with E-state index in [9.17, 15) is 0 Å². The number of aryl methyl sites for hydroxylation is 1. The summed E-state index contributed by atoms with van der Waals surface area (Å²) in [4.78, 5) is 15.4. The summed E-state index contributed by atoms with van der Waals surface area (Å²) >= 11 is 0. The van der Waals surface area contributed by atoms with Crippen molar-refractivity contribution < 1.29 is 8.83 Å². The average Bonchev–Trinajstić information content (AvgIpc) is 3.78. The Labute approximate surface area is 298 Å². The summed E-state index contributed by atoms with van der Waals surface area (Å²) in [5.74, 6) is 3.02. The van der Waals surface area contributed by atoms with Gasteiger partial charge in [-0.1, -0.05) is 109 Å². The number of nitrogens with zero attached hydrogens (tertiary/aromatic N) is 3. The molecule has 0 spiro atoms. The monoisotopic (exact) mass is 667 g/mol. The molecule has 11 rings (SSSR count). The van der Waals surface area contributed by atoms with Gasteiger partial charge in [-0.15, -0.1) is 0 Å². The van der Waals surface area contributed by atoms with Crippen LogP contribution in [-0.4, -0.2) is 15.0 Å². The number of benzene rings is 7. The van der Waals surface area contributed by atoms with E-state index < -0.39 is 0 Å². The highest BCUT2D eigenvalue weighted by Gasteiger charge is 2.22. The third kappa shape index (κ3) is 4.67. The van der Waals surface area contributed by atoms with Crippen LogP contribution in [0.2, 0.25) is 0 Å². The molecule has 10 aromatic rings. The van der Waals surface area contributed by atoms with Crippen LogP contribution in [0.3, 0.4) is 0 Å². The Morgan fingerprint density at radius 1 is 0.423 bits per heavy atom. The summed E-state index contributed by atoms with van der Waals surface area (Å²) in [7, 11) is 0. The van der Waals surface area contributed by atoms with Crippen molar-refractivity contribution in [2.24, 2.45) is 0 Å². The van der Waals surface area contributed by atoms with Gasteiger partial charge in [-0.25, -0.2) is 15.0 Å². The Kier molecular flexibility index (Phi) is 6.31. The molecule has 0 N–H and O–H groups in total. The minimum atomic E-state index is 0.650. The first-order valence-corrected chi connectivity index (χ1v) is 17.6. The average molecular weight is 668 g/mol. The van der Waals surface area contributed by atoms with Gasteiger partial charge >= 0.3 is 0 Å². The standard InChI is InChI=1S/C47H29N3O2/c1-2-9-29-25-33(20-16-28(29)8-1)45-48-46(50-47(49-45)35-22-23-42-39(27-35)37-10-3-5-13-40(37)51-42)34-21-18-30-24-32(19-17-31(30)26-34)36-12-7-15-43-44(36)38-11-4-6-14-41(38)52-43/h1-21,24-27H,22-23H2. The van der Waals surface area contributed by atoms with Crippen LogP contribution in [0.15, 0.2) is 154 Å². The summed E-state index contributed by atoms with van der Waals surface area (Å²) in [6.45, 7) is 0. The highest BCUT2D eigenvalue weighted by molar-refractivity contribution is 6.13. The zero-order valence-corrected chi connectivity index (χ0v) is 28.0. The summed E-state index contributed by atoms with van der Waals surface area (Å²) in [6.07, 6.45) is 3.79. The Bertz CT molecular complexity index is 3090. The van der Waals surface area contributed by atoms with Crippen LogP contribution in [0.1, 0.15) is 23.6 Å². The Morgan fingerprint density at radius 3 is 1.79 bits per heavy atom. The van der Waals surface area contributed by atoms with Gasteiger partial charge in [0.1, 0.15) is 22.5 Å². The van der Waals surface area contributed by atoms with Crippen LogP contribution < -0.4 is 0 Å². The Morgan fingerprint density at radius 2 is 1.00 bits per heavy atom. The molecule has 0 unspecified atom stereocenters. The SMILES string of the molecule is C1=C(c2nc(-c3ccc4ccccc4c3)nc(-c3ccc4cc(-c5cccc6oc7ccccc7c56)ccc4c3)n2)CCc2oc3ccccc3c21. The molecule has 0 atom stereocenters. The largest absolute Gasteiger partial charge is 0.460 e. The number of para-hydroxylation sites is 2. The lowest BCUT2D eigenvalue weighted by Gasteiger charge is -2.14. The van der Waals surface area contributed by atoms with Gasteiger partial charge in [-0.2, -0.15) is 0 Å². The third-order valence-corrected chi connectivity index (χ3v) is 10.4. The maximum absolute atomic E-state index is 6.21. The minimum absolute atomic E-state index is 0.650. The van der Waals surface area contributed by atoms with Crippen molar-refractivity contribution in [3.8, 4) is 33.9 Å². The second kappa shape index (κ2) is 11.3. The van der Waals surface area contributed by atoms with E-state index in [2.05, 4.69) is 121 Å². The van der Waals surface area contributed by atoms with Gasteiger partial charge in [0.2, 0.25) is 0 Å². The number of allylic oxidation sites excluding steroid dienone is 1. The normalized spacial score (nSPS) is 13.0. The molecule has 3 heterocycles. The quantitative estimate of drug-likeness (QED) is 0.187. The maximum Gasteiger partial charge on any atom is 0.164 e. The van der Waals surface area contributed by atoms with E-state index in [-0.39, 0.29) is 0 Å². The van der Waals surface area contributed by atoms with Crippen molar-refractivity contribution in [2.45, 2.75) is 12.8 Å². The van der Waals surface area contributed by atoms with Gasteiger partial charge in [0.05, 0.1) is 0 Å². The van der Waals surface area contributed by atoms with Crippen LogP contribution in [0.25, 0.3) is 100 Å². The molecule has 3 aromatic heterocycles. The van der Waals surface area contributed by atoms with Gasteiger partial charge in [-0.3, -0.25) is 0 Å². The minimum Gasteiger partial charge on any atom is -0.460 e. The molecule has 0 radical (unpaired) electrons. The highest BCUT2D eigenvalue weighted by Crippen LogP contribution is 2.39. The molecule has 5 heteroatoms. The first-order valence-electron chi connectivity index (χ1n) is 17.6. The lowest BCUT2D eigenvalue weighted by Crippen LogP contribution is -2.05. The topological polar surface area (TPSA) is 65.0 Å². The van der Waals surface area contributed by atoms with Crippen molar-refractivity contribution >= 4 is 66.1 Å². The molecule has 1 aliphatic carbocycles. The molecule has 0 aliphatic heterocycles. The fourth-order valence-corrected chi connectivity index (χ4v) is 7.80. The number of rotatable bonds is 4. The molecule has 0 saturated carbocycles. The van der Waals surface area contributed by atoms with Crippen LogP contribution in [0, 0.1) is 0 Å². The predicted molar refractivity (Wildman–Crippen MR) is 211 cm³/mol. The van der Waals surface area contributed by atoms with Gasteiger partial charge < -0.3 is 8.83 Å². The van der Waals surface area contributed by atoms with E-state index in [0.29, 0.717) is 17.5 Å². The predicted octanol–water partition coefficient (Wildman–Crippen LogP) is 12.3. The second-order valence-electron chi connectivity index (χ2n) is 13.5. The molecule has 5 nitrogen and oxygen atoms in total. The van der Waals surface area contributed by atoms with Crippen molar-refractivity contribution in [3.05, 3.63) is 163 Å². The number of furan rings is 2. The first-order chi connectivity index (χ1) is 25.7. The first kappa shape index (κ1) is 28.9. The van der Waals surface area contributed by atoms with Crippen molar-refractivity contribution in [1.29, 1.82) is 0 Å². The molecule has 0 saturated heterocycles. The molecular formula is C47H29N3O2. The van der Waals surface area contributed by atoms with Gasteiger partial charge in [0, 0.05) is 39.3 Å². The zero-order valence-electron chi connectivity index (χ0n) is 28.0. The molecule has 244 valence electrons. The zero-order chi connectivity index (χ0) is 34.2. The summed E-state index contributed by atoms with van der Waals surface area (Å²) in [6, 6.07) is 50.7. The molecule has 0 bridgehead atoms. The number of aromatic nitrogens is 3. The van der Waals surface area contributed by atoms with Crippen molar-refractivity contribution in [2.75, 3.05) is 0 Å². The number of hydrogen-bond acceptors (Lipinski definition) is 5. The lowest BCUT2D eigenvalue weighted by atomic mass is 9.95. The van der Waals surface area contributed by atoms with Crippen molar-refractivity contribution in [3.63, 3.8) is 0 Å². The molecule has 1 aliphatic rings. The van der Waals surface area contributed by atoms with Crippen LogP contribution >= 0.6 is 0 Å². The number of fused-ring (bicyclic) bond motifs is 8. The van der Waals surface area contributed by atoms with Gasteiger partial charge in [0.15, 0.2) is 17.5 Å². The third-order valence-electron chi connectivity index (χ3n) is 10.4. The van der Waals surface area contributed by atoms with E-state index in [1.165, 1.54) is 5.39 Å². The highest BCUT2D eigenvalue weighted by atomic mass is 16.3. The lowest BCUT2D eigenvalue weighted by molar-refractivity contribution is 0.547. The Balaban J connectivity index is 1.04. The fraction of sp³-hybridized carbons (Fsp3) is 0.0426. The molecule has 0 amide bonds. The number of hydrogen-bond donors (Lipinski definition) is 0. The van der Waals surface area contributed by atoms with Gasteiger partial charge in [-0.05, 0) is 87.1 Å². The molecule has 0 fully saturated rings. The summed E-state index contributed by atoms with van der Waals surface area (Å²) < 4.78 is 12.4. The second-order valence-corrected chi connectivity index (χ2v) is 13.5. The molecular weight excluding hydrogens is 639 g/mol. The van der Waals surface area contributed by atoms with Crippen LogP contribution in [0.4, 0.5) is 0 Å². The molecule has 52 heavy (non-hydrogen) atoms. The molecule has 7 aromatic carbocycles. The van der Waals surface area contributed by atoms with Crippen molar-refractivity contribution in [1.82, 2.24) is 15.0 Å². The summed E-state index contributed by atoms with van der Waals surface area (Å²) in [5, 5.41) is 7.97.